The predicted octanol–water partition coefficient (Wildman–Crippen LogP) is 2.80. The Morgan fingerprint density at radius 1 is 1.08 bits per heavy atom. The van der Waals surface area contributed by atoms with Crippen LogP contribution in [0.5, 0.6) is 0 Å². The van der Waals surface area contributed by atoms with Gasteiger partial charge in [0.25, 0.3) is 11.6 Å². The Labute approximate surface area is 212 Å². The first-order valence-corrected chi connectivity index (χ1v) is 12.1. The number of esters is 1. The molecule has 0 aromatic heterocycles. The molecule has 1 saturated carbocycles. The minimum Gasteiger partial charge on any atom is -0.454 e. The van der Waals surface area contributed by atoms with Crippen molar-refractivity contribution in [1.82, 2.24) is 4.90 Å². The number of carbonyl (C=O) groups is 4. The van der Waals surface area contributed by atoms with Gasteiger partial charge in [-0.3, -0.25) is 29.4 Å². The van der Waals surface area contributed by atoms with E-state index in [-0.39, 0.29) is 41.4 Å². The summed E-state index contributed by atoms with van der Waals surface area (Å²) < 4.78 is 5.27. The lowest BCUT2D eigenvalue weighted by Gasteiger charge is -2.26. The number of nitro benzene ring substituents is 1. The quantitative estimate of drug-likeness (QED) is 0.192. The van der Waals surface area contributed by atoms with Crippen molar-refractivity contribution in [2.24, 2.45) is 23.7 Å². The molecule has 5 rings (SSSR count). The van der Waals surface area contributed by atoms with E-state index in [1.54, 1.807) is 31.2 Å². The molecule has 2 fully saturated rings. The zero-order valence-electron chi connectivity index (χ0n) is 20.0. The number of amides is 3. The maximum atomic E-state index is 13.3. The van der Waals surface area contributed by atoms with E-state index in [4.69, 9.17) is 4.74 Å². The SMILES string of the molecule is Cc1ccc(NC(=O)COC(=O)[C@H](Cc2ccccc2)N2C(=O)[C@H]3[C@H](C2=O)[C@H]2C=C[C@H]3C2)cc1[N+](=O)[O-]. The standard InChI is InChI=1S/C27H25N3O7/c1-15-7-10-19(13-20(15)30(35)36)28-22(31)14-37-27(34)21(11-16-5-3-2-4-6-16)29-25(32)23-17-8-9-18(12-17)24(23)26(29)33/h2-10,13,17-18,21,23-24H,11-12,14H2,1H3,(H,28,31)/t17-,18-,21-,23+,24+/m0/s1. The van der Waals surface area contributed by atoms with Crippen molar-refractivity contribution in [3.63, 3.8) is 0 Å². The van der Waals surface area contributed by atoms with Crippen LogP contribution < -0.4 is 5.32 Å². The molecule has 2 aromatic carbocycles. The zero-order chi connectivity index (χ0) is 26.3. The minimum absolute atomic E-state index is 0.00538. The van der Waals surface area contributed by atoms with Crippen LogP contribution in [-0.2, 0) is 30.3 Å². The van der Waals surface area contributed by atoms with Crippen LogP contribution in [0.1, 0.15) is 17.5 Å². The summed E-state index contributed by atoms with van der Waals surface area (Å²) in [5.74, 6) is -3.26. The van der Waals surface area contributed by atoms with Crippen molar-refractivity contribution < 1.29 is 28.8 Å². The third kappa shape index (κ3) is 4.50. The monoisotopic (exact) mass is 503 g/mol. The van der Waals surface area contributed by atoms with E-state index in [0.717, 1.165) is 16.9 Å². The van der Waals surface area contributed by atoms with Gasteiger partial charge < -0.3 is 10.1 Å². The molecule has 5 atom stereocenters. The van der Waals surface area contributed by atoms with Crippen molar-refractivity contribution in [1.29, 1.82) is 0 Å². The van der Waals surface area contributed by atoms with Gasteiger partial charge in [-0.25, -0.2) is 4.79 Å². The lowest BCUT2D eigenvalue weighted by molar-refractivity contribution is -0.385. The van der Waals surface area contributed by atoms with Crippen molar-refractivity contribution in [2.45, 2.75) is 25.8 Å². The first-order chi connectivity index (χ1) is 17.7. The highest BCUT2D eigenvalue weighted by Crippen LogP contribution is 2.53. The summed E-state index contributed by atoms with van der Waals surface area (Å²) in [6.45, 7) is 0.899. The van der Waals surface area contributed by atoms with Crippen LogP contribution in [0.3, 0.4) is 0 Å². The molecule has 1 aliphatic heterocycles. The molecule has 37 heavy (non-hydrogen) atoms. The number of nitro groups is 1. The van der Waals surface area contributed by atoms with Crippen LogP contribution >= 0.6 is 0 Å². The third-order valence-electron chi connectivity index (χ3n) is 7.40. The van der Waals surface area contributed by atoms with Crippen molar-refractivity contribution in [2.75, 3.05) is 11.9 Å². The Morgan fingerprint density at radius 2 is 1.73 bits per heavy atom. The van der Waals surface area contributed by atoms with E-state index >= 15 is 0 Å². The molecule has 10 heteroatoms. The highest BCUT2D eigenvalue weighted by Gasteiger charge is 2.61. The van der Waals surface area contributed by atoms with Gasteiger partial charge in [-0.15, -0.1) is 0 Å². The lowest BCUT2D eigenvalue weighted by atomic mass is 9.85. The van der Waals surface area contributed by atoms with Gasteiger partial charge in [-0.05, 0) is 36.8 Å². The van der Waals surface area contributed by atoms with Gasteiger partial charge in [0.05, 0.1) is 16.8 Å². The molecule has 2 aliphatic carbocycles. The lowest BCUT2D eigenvalue weighted by Crippen LogP contribution is -2.48. The van der Waals surface area contributed by atoms with Crippen LogP contribution in [0, 0.1) is 40.7 Å². The molecule has 10 nitrogen and oxygen atoms in total. The highest BCUT2D eigenvalue weighted by atomic mass is 16.6. The van der Waals surface area contributed by atoms with Gasteiger partial charge in [-0.1, -0.05) is 48.6 Å². The van der Waals surface area contributed by atoms with Gasteiger partial charge in [0.1, 0.15) is 6.04 Å². The fourth-order valence-corrected chi connectivity index (χ4v) is 5.66. The number of aryl methyl sites for hydroxylation is 1. The van der Waals surface area contributed by atoms with Crippen molar-refractivity contribution >= 4 is 35.1 Å². The Bertz CT molecular complexity index is 1290. The number of hydrogen-bond donors (Lipinski definition) is 1. The molecule has 0 unspecified atom stereocenters. The number of imide groups is 1. The smallest absolute Gasteiger partial charge is 0.330 e. The Balaban J connectivity index is 1.30. The summed E-state index contributed by atoms with van der Waals surface area (Å²) in [5, 5.41) is 13.6. The first kappa shape index (κ1) is 24.4. The minimum atomic E-state index is -1.21. The van der Waals surface area contributed by atoms with Crippen molar-refractivity contribution in [3.8, 4) is 0 Å². The van der Waals surface area contributed by atoms with Crippen LogP contribution in [0.15, 0.2) is 60.7 Å². The maximum Gasteiger partial charge on any atom is 0.330 e. The number of hydrogen-bond acceptors (Lipinski definition) is 7. The molecule has 2 bridgehead atoms. The van der Waals surface area contributed by atoms with E-state index in [1.165, 1.54) is 18.2 Å². The number of benzene rings is 2. The molecule has 0 spiro atoms. The topological polar surface area (TPSA) is 136 Å². The third-order valence-corrected chi connectivity index (χ3v) is 7.40. The molecule has 3 aliphatic rings. The molecule has 1 N–H and O–H groups in total. The number of rotatable bonds is 8. The van der Waals surface area contributed by atoms with Gasteiger partial charge in [0.2, 0.25) is 11.8 Å². The van der Waals surface area contributed by atoms with E-state index in [2.05, 4.69) is 5.32 Å². The fourth-order valence-electron chi connectivity index (χ4n) is 5.66. The van der Waals surface area contributed by atoms with Crippen LogP contribution in [0.2, 0.25) is 0 Å². The number of fused-ring (bicyclic) bond motifs is 5. The molecule has 2 aromatic rings. The normalized spacial score (nSPS) is 24.2. The number of anilines is 1. The van der Waals surface area contributed by atoms with E-state index in [1.807, 2.05) is 18.2 Å². The summed E-state index contributed by atoms with van der Waals surface area (Å²) in [7, 11) is 0. The Morgan fingerprint density at radius 3 is 2.35 bits per heavy atom. The summed E-state index contributed by atoms with van der Waals surface area (Å²) in [6, 6.07) is 12.0. The van der Waals surface area contributed by atoms with Crippen LogP contribution in [-0.4, -0.2) is 46.2 Å². The average Bonchev–Trinajstić information content (AvgIpc) is 3.56. The average molecular weight is 504 g/mol. The summed E-state index contributed by atoms with van der Waals surface area (Å²) in [5.41, 5.74) is 1.20. The van der Waals surface area contributed by atoms with Gasteiger partial charge in [-0.2, -0.15) is 0 Å². The number of nitrogens with one attached hydrogen (secondary N) is 1. The number of ether oxygens (including phenoxy) is 1. The second-order valence-corrected chi connectivity index (χ2v) is 9.67. The van der Waals surface area contributed by atoms with Gasteiger partial charge >= 0.3 is 5.97 Å². The summed E-state index contributed by atoms with van der Waals surface area (Å²) in [4.78, 5) is 64.0. The Kier molecular flexibility index (Phi) is 6.32. The Hall–Kier alpha value is -4.34. The number of likely N-dealkylation sites (tertiary alicyclic amines) is 1. The van der Waals surface area contributed by atoms with Crippen molar-refractivity contribution in [3.05, 3.63) is 81.9 Å². The molecule has 190 valence electrons. The number of nitrogens with zero attached hydrogens (tertiary/aromatic N) is 2. The molecular weight excluding hydrogens is 478 g/mol. The number of allylic oxidation sites excluding steroid dienone is 2. The molecule has 0 radical (unpaired) electrons. The summed E-state index contributed by atoms with van der Waals surface area (Å²) >= 11 is 0. The summed E-state index contributed by atoms with van der Waals surface area (Å²) in [6.07, 6.45) is 4.78. The molecule has 3 amide bonds. The zero-order valence-corrected chi connectivity index (χ0v) is 20.0. The largest absolute Gasteiger partial charge is 0.454 e. The first-order valence-electron chi connectivity index (χ1n) is 12.1. The number of carbonyl (C=O) groups excluding carboxylic acids is 4. The van der Waals surface area contributed by atoms with Crippen LogP contribution in [0.4, 0.5) is 11.4 Å². The molecular formula is C27H25N3O7. The molecule has 1 saturated heterocycles. The second kappa shape index (κ2) is 9.61. The second-order valence-electron chi connectivity index (χ2n) is 9.67. The van der Waals surface area contributed by atoms with Gasteiger partial charge in [0, 0.05) is 23.7 Å². The van der Waals surface area contributed by atoms with E-state index < -0.39 is 41.3 Å². The highest BCUT2D eigenvalue weighted by molar-refractivity contribution is 6.09. The molecule has 1 heterocycles. The van der Waals surface area contributed by atoms with Gasteiger partial charge in [0.15, 0.2) is 6.61 Å². The van der Waals surface area contributed by atoms with E-state index in [0.29, 0.717) is 5.56 Å². The van der Waals surface area contributed by atoms with Crippen LogP contribution in [0.25, 0.3) is 0 Å². The fraction of sp³-hybridized carbons (Fsp3) is 0.333. The maximum absolute atomic E-state index is 13.3. The predicted molar refractivity (Wildman–Crippen MR) is 131 cm³/mol. The van der Waals surface area contributed by atoms with E-state index in [9.17, 15) is 29.3 Å².